The quantitative estimate of drug-likeness (QED) is 0.337. The molecular weight excluding hydrogens is 444 g/mol. The first-order valence-electron chi connectivity index (χ1n) is 12.0. The Hall–Kier alpha value is -3.05. The van der Waals surface area contributed by atoms with Crippen molar-refractivity contribution in [2.75, 3.05) is 12.4 Å². The van der Waals surface area contributed by atoms with Crippen LogP contribution in [0.5, 0.6) is 5.75 Å². The summed E-state index contributed by atoms with van der Waals surface area (Å²) in [4.78, 5) is 5.14. The van der Waals surface area contributed by atoms with Crippen LogP contribution in [0, 0.1) is 13.8 Å². The minimum Gasteiger partial charge on any atom is -0.497 e. The van der Waals surface area contributed by atoms with Crippen LogP contribution in [0.25, 0.3) is 16.8 Å². The normalized spacial score (nSPS) is 13.4. The monoisotopic (exact) mass is 476 g/mol. The van der Waals surface area contributed by atoms with Gasteiger partial charge in [0.15, 0.2) is 5.65 Å². The van der Waals surface area contributed by atoms with Gasteiger partial charge >= 0.3 is 0 Å². The summed E-state index contributed by atoms with van der Waals surface area (Å²) in [5.41, 5.74) is 9.28. The fourth-order valence-electron chi connectivity index (χ4n) is 5.03. The van der Waals surface area contributed by atoms with Gasteiger partial charge in [0, 0.05) is 22.9 Å². The first kappa shape index (κ1) is 24.1. The van der Waals surface area contributed by atoms with E-state index in [1.54, 1.807) is 7.11 Å². The number of aromatic nitrogens is 3. The average molecular weight is 477 g/mol. The van der Waals surface area contributed by atoms with Gasteiger partial charge < -0.3 is 10.1 Å². The first-order chi connectivity index (χ1) is 16.1. The average Bonchev–Trinajstić information content (AvgIpc) is 3.43. The number of anilines is 1. The minimum atomic E-state index is 0. The molecule has 0 fully saturated rings. The standard InChI is InChI=1S/C28H32N4O.ClH/c1-5-21(17-20-10-7-6-8-11-20)29-27-24-12-9-13-25(24)30-28-26(19(3)31-32(27)28)23-15-14-22(33-4)16-18(23)2;/h6-8,10-11,14-16,21,29H,5,9,12-13,17H2,1-4H3;1H. The minimum absolute atomic E-state index is 0. The number of rotatable bonds is 7. The van der Waals surface area contributed by atoms with Crippen LogP contribution in [-0.4, -0.2) is 27.7 Å². The van der Waals surface area contributed by atoms with E-state index in [0.717, 1.165) is 66.1 Å². The topological polar surface area (TPSA) is 51.5 Å². The first-order valence-corrected chi connectivity index (χ1v) is 12.0. The van der Waals surface area contributed by atoms with Crippen LogP contribution in [0.2, 0.25) is 0 Å². The molecule has 2 aromatic heterocycles. The Morgan fingerprint density at radius 3 is 2.59 bits per heavy atom. The Bertz CT molecular complexity index is 1300. The summed E-state index contributed by atoms with van der Waals surface area (Å²) in [5, 5.41) is 8.89. The maximum atomic E-state index is 5.42. The van der Waals surface area contributed by atoms with Crippen molar-refractivity contribution in [3.8, 4) is 16.9 Å². The lowest BCUT2D eigenvalue weighted by atomic mass is 10.0. The number of fused-ring (bicyclic) bond motifs is 2. The number of aryl methyl sites for hydroxylation is 3. The molecule has 5 rings (SSSR count). The zero-order valence-corrected chi connectivity index (χ0v) is 21.2. The lowest BCUT2D eigenvalue weighted by Gasteiger charge is -2.21. The summed E-state index contributed by atoms with van der Waals surface area (Å²) in [6, 6.07) is 17.3. The van der Waals surface area contributed by atoms with Crippen molar-refractivity contribution in [3.05, 3.63) is 76.6 Å². The van der Waals surface area contributed by atoms with E-state index in [-0.39, 0.29) is 12.4 Å². The van der Waals surface area contributed by atoms with Gasteiger partial charge in [0.25, 0.3) is 0 Å². The van der Waals surface area contributed by atoms with E-state index in [9.17, 15) is 0 Å². The predicted octanol–water partition coefficient (Wildman–Crippen LogP) is 6.37. The van der Waals surface area contributed by atoms with Gasteiger partial charge in [-0.05, 0) is 74.8 Å². The van der Waals surface area contributed by atoms with E-state index in [2.05, 4.69) is 73.1 Å². The van der Waals surface area contributed by atoms with Crippen LogP contribution in [0.3, 0.4) is 0 Å². The summed E-state index contributed by atoms with van der Waals surface area (Å²) >= 11 is 0. The third-order valence-electron chi connectivity index (χ3n) is 6.82. The van der Waals surface area contributed by atoms with Crippen molar-refractivity contribution in [1.29, 1.82) is 0 Å². The van der Waals surface area contributed by atoms with Gasteiger partial charge in [-0.15, -0.1) is 12.4 Å². The molecule has 1 unspecified atom stereocenters. The molecular formula is C28H33ClN4O. The highest BCUT2D eigenvalue weighted by atomic mass is 35.5. The van der Waals surface area contributed by atoms with Crippen molar-refractivity contribution in [2.45, 2.75) is 58.9 Å². The Kier molecular flexibility index (Phi) is 7.13. The van der Waals surface area contributed by atoms with Gasteiger partial charge in [0.05, 0.1) is 12.8 Å². The molecule has 0 radical (unpaired) electrons. The molecule has 6 heteroatoms. The molecule has 2 heterocycles. The number of methoxy groups -OCH3 is 1. The summed E-state index contributed by atoms with van der Waals surface area (Å²) in [5.74, 6) is 1.99. The summed E-state index contributed by atoms with van der Waals surface area (Å²) < 4.78 is 7.48. The summed E-state index contributed by atoms with van der Waals surface area (Å²) in [7, 11) is 1.71. The molecule has 1 N–H and O–H groups in total. The lowest BCUT2D eigenvalue weighted by molar-refractivity contribution is 0.414. The smallest absolute Gasteiger partial charge is 0.165 e. The highest BCUT2D eigenvalue weighted by Crippen LogP contribution is 2.36. The third-order valence-corrected chi connectivity index (χ3v) is 6.82. The second-order valence-corrected chi connectivity index (χ2v) is 9.06. The highest BCUT2D eigenvalue weighted by molar-refractivity contribution is 5.85. The Morgan fingerprint density at radius 2 is 1.88 bits per heavy atom. The zero-order chi connectivity index (χ0) is 22.9. The van der Waals surface area contributed by atoms with Gasteiger partial charge in [-0.2, -0.15) is 9.61 Å². The van der Waals surface area contributed by atoms with Crippen LogP contribution in [0.15, 0.2) is 48.5 Å². The van der Waals surface area contributed by atoms with E-state index in [1.807, 2.05) is 6.07 Å². The molecule has 1 aliphatic rings. The number of halogens is 1. The van der Waals surface area contributed by atoms with E-state index >= 15 is 0 Å². The summed E-state index contributed by atoms with van der Waals surface area (Å²) in [6.07, 6.45) is 5.26. The molecule has 0 amide bonds. The Balaban J connectivity index is 0.00000274. The molecule has 2 aromatic carbocycles. The molecule has 178 valence electrons. The molecule has 1 atom stereocenters. The molecule has 0 bridgehead atoms. The van der Waals surface area contributed by atoms with Crippen LogP contribution in [0.1, 0.15) is 47.8 Å². The zero-order valence-electron chi connectivity index (χ0n) is 20.4. The van der Waals surface area contributed by atoms with Gasteiger partial charge in [-0.25, -0.2) is 4.98 Å². The fraction of sp³-hybridized carbons (Fsp3) is 0.357. The van der Waals surface area contributed by atoms with Crippen molar-refractivity contribution >= 4 is 23.9 Å². The number of hydrogen-bond acceptors (Lipinski definition) is 4. The number of nitrogens with one attached hydrogen (secondary N) is 1. The molecule has 0 saturated heterocycles. The number of hydrogen-bond donors (Lipinski definition) is 1. The third kappa shape index (κ3) is 4.37. The fourth-order valence-corrected chi connectivity index (χ4v) is 5.03. The predicted molar refractivity (Wildman–Crippen MR) is 142 cm³/mol. The van der Waals surface area contributed by atoms with Gasteiger partial charge in [0.1, 0.15) is 11.6 Å². The van der Waals surface area contributed by atoms with E-state index in [1.165, 1.54) is 22.4 Å². The second kappa shape index (κ2) is 10.1. The van der Waals surface area contributed by atoms with Crippen molar-refractivity contribution in [3.63, 3.8) is 0 Å². The van der Waals surface area contributed by atoms with E-state index in [4.69, 9.17) is 14.8 Å². The van der Waals surface area contributed by atoms with Gasteiger partial charge in [0.2, 0.25) is 0 Å². The lowest BCUT2D eigenvalue weighted by Crippen LogP contribution is -2.24. The maximum absolute atomic E-state index is 5.42. The van der Waals surface area contributed by atoms with Crippen LogP contribution in [-0.2, 0) is 19.3 Å². The van der Waals surface area contributed by atoms with Crippen molar-refractivity contribution in [1.82, 2.24) is 14.6 Å². The highest BCUT2D eigenvalue weighted by Gasteiger charge is 2.25. The maximum Gasteiger partial charge on any atom is 0.165 e. The summed E-state index contributed by atoms with van der Waals surface area (Å²) in [6.45, 7) is 6.46. The molecule has 5 nitrogen and oxygen atoms in total. The van der Waals surface area contributed by atoms with E-state index < -0.39 is 0 Å². The Labute approximate surface area is 208 Å². The van der Waals surface area contributed by atoms with Crippen LogP contribution in [0.4, 0.5) is 5.82 Å². The second-order valence-electron chi connectivity index (χ2n) is 9.06. The number of ether oxygens (including phenoxy) is 1. The molecule has 1 aliphatic carbocycles. The van der Waals surface area contributed by atoms with Gasteiger partial charge in [-0.1, -0.05) is 43.3 Å². The largest absolute Gasteiger partial charge is 0.497 e. The molecule has 4 aromatic rings. The molecule has 34 heavy (non-hydrogen) atoms. The molecule has 0 saturated carbocycles. The number of nitrogens with zero attached hydrogens (tertiary/aromatic N) is 3. The van der Waals surface area contributed by atoms with Gasteiger partial charge in [-0.3, -0.25) is 0 Å². The Morgan fingerprint density at radius 1 is 1.09 bits per heavy atom. The SMILES string of the molecule is CCC(Cc1ccccc1)Nc1c2c(nc3c(-c4ccc(OC)cc4C)c(C)nn13)CCC2.Cl. The molecule has 0 aliphatic heterocycles. The van der Waals surface area contributed by atoms with E-state index in [0.29, 0.717) is 6.04 Å². The van der Waals surface area contributed by atoms with Crippen LogP contribution < -0.4 is 10.1 Å². The van der Waals surface area contributed by atoms with Crippen LogP contribution >= 0.6 is 12.4 Å². The van der Waals surface area contributed by atoms with Crippen molar-refractivity contribution < 1.29 is 4.74 Å². The van der Waals surface area contributed by atoms with Crippen molar-refractivity contribution in [2.24, 2.45) is 0 Å². The molecule has 0 spiro atoms. The number of benzene rings is 2.